The number of aryl methyl sites for hydroxylation is 1. The number of nitrogens with two attached hydrogens (primary N) is 1. The molecule has 2 N–H and O–H groups in total. The van der Waals surface area contributed by atoms with Crippen LogP contribution < -0.4 is 5.73 Å². The molecule has 0 spiro atoms. The summed E-state index contributed by atoms with van der Waals surface area (Å²) in [5.74, 6) is 0.834. The van der Waals surface area contributed by atoms with Crippen LogP contribution in [-0.4, -0.2) is 14.8 Å². The van der Waals surface area contributed by atoms with Crippen molar-refractivity contribution in [3.63, 3.8) is 0 Å². The topological polar surface area (TPSA) is 56.7 Å². The fourth-order valence-corrected chi connectivity index (χ4v) is 2.82. The molecule has 0 aliphatic carbocycles. The average Bonchev–Trinajstić information content (AvgIpc) is 2.96. The predicted molar refractivity (Wildman–Crippen MR) is 73.8 cm³/mol. The van der Waals surface area contributed by atoms with E-state index >= 15 is 0 Å². The van der Waals surface area contributed by atoms with Gasteiger partial charge in [-0.2, -0.15) is 0 Å². The van der Waals surface area contributed by atoms with E-state index in [1.165, 1.54) is 11.3 Å². The van der Waals surface area contributed by atoms with Crippen LogP contribution in [0.3, 0.4) is 0 Å². The molecule has 2 aromatic heterocycles. The van der Waals surface area contributed by atoms with Crippen molar-refractivity contribution >= 4 is 16.3 Å². The second-order valence-electron chi connectivity index (χ2n) is 4.02. The summed E-state index contributed by atoms with van der Waals surface area (Å²) >= 11 is 1.54. The Morgan fingerprint density at radius 1 is 1.22 bits per heavy atom. The van der Waals surface area contributed by atoms with Crippen molar-refractivity contribution in [2.45, 2.75) is 6.92 Å². The van der Waals surface area contributed by atoms with E-state index in [9.17, 15) is 0 Å². The van der Waals surface area contributed by atoms with Gasteiger partial charge in [0.1, 0.15) is 6.33 Å². The lowest BCUT2D eigenvalue weighted by Gasteiger charge is -2.05. The number of thiophene rings is 1. The highest BCUT2D eigenvalue weighted by molar-refractivity contribution is 7.19. The molecular formula is C13H12N4S. The van der Waals surface area contributed by atoms with Crippen LogP contribution in [0.25, 0.3) is 16.4 Å². The third-order valence-electron chi connectivity index (χ3n) is 2.72. The van der Waals surface area contributed by atoms with Crippen LogP contribution in [0.15, 0.2) is 42.7 Å². The van der Waals surface area contributed by atoms with Gasteiger partial charge in [-0.15, -0.1) is 21.5 Å². The number of hydrogen-bond acceptors (Lipinski definition) is 4. The van der Waals surface area contributed by atoms with Crippen LogP contribution in [0.1, 0.15) is 5.56 Å². The van der Waals surface area contributed by atoms with Gasteiger partial charge in [-0.3, -0.25) is 4.57 Å². The van der Waals surface area contributed by atoms with E-state index < -0.39 is 0 Å². The molecule has 2 heterocycles. The van der Waals surface area contributed by atoms with Gasteiger partial charge in [0, 0.05) is 5.69 Å². The van der Waals surface area contributed by atoms with Gasteiger partial charge in [0.15, 0.2) is 5.82 Å². The number of aromatic nitrogens is 3. The van der Waals surface area contributed by atoms with Gasteiger partial charge in [-0.25, -0.2) is 0 Å². The van der Waals surface area contributed by atoms with E-state index in [1.54, 1.807) is 6.33 Å². The second-order valence-corrected chi connectivity index (χ2v) is 5.10. The first-order valence-electron chi connectivity index (χ1n) is 5.57. The minimum absolute atomic E-state index is 0.796. The predicted octanol–water partition coefficient (Wildman–Crippen LogP) is 2.89. The Morgan fingerprint density at radius 3 is 2.67 bits per heavy atom. The Bertz CT molecular complexity index is 669. The van der Waals surface area contributed by atoms with Crippen molar-refractivity contribution in [1.29, 1.82) is 0 Å². The molecule has 3 rings (SSSR count). The first-order chi connectivity index (χ1) is 8.75. The van der Waals surface area contributed by atoms with E-state index in [-0.39, 0.29) is 0 Å². The number of rotatable bonds is 2. The van der Waals surface area contributed by atoms with Crippen LogP contribution in [-0.2, 0) is 0 Å². The number of benzene rings is 1. The summed E-state index contributed by atoms with van der Waals surface area (Å²) in [5, 5.41) is 9.01. The summed E-state index contributed by atoms with van der Waals surface area (Å²) in [6.45, 7) is 2.03. The van der Waals surface area contributed by atoms with Gasteiger partial charge in [0.05, 0.1) is 9.88 Å². The highest BCUT2D eigenvalue weighted by atomic mass is 32.1. The number of anilines is 1. The lowest BCUT2D eigenvalue weighted by atomic mass is 10.2. The monoisotopic (exact) mass is 256 g/mol. The third-order valence-corrected chi connectivity index (χ3v) is 3.78. The maximum Gasteiger partial charge on any atom is 0.178 e. The van der Waals surface area contributed by atoms with Crippen LogP contribution in [0.2, 0.25) is 0 Å². The molecule has 0 aliphatic heterocycles. The minimum atomic E-state index is 0.796. The third kappa shape index (κ3) is 1.78. The summed E-state index contributed by atoms with van der Waals surface area (Å²) in [7, 11) is 0. The van der Waals surface area contributed by atoms with Gasteiger partial charge in [0.2, 0.25) is 0 Å². The molecule has 4 nitrogen and oxygen atoms in total. The quantitative estimate of drug-likeness (QED) is 0.767. The summed E-state index contributed by atoms with van der Waals surface area (Å²) in [5.41, 5.74) is 8.01. The van der Waals surface area contributed by atoms with E-state index in [0.717, 1.165) is 27.0 Å². The molecule has 3 aromatic rings. The zero-order valence-corrected chi connectivity index (χ0v) is 10.7. The molecule has 5 heteroatoms. The van der Waals surface area contributed by atoms with E-state index in [4.69, 9.17) is 5.73 Å². The largest absolute Gasteiger partial charge is 0.391 e. The number of nitrogens with zero attached hydrogens (tertiary/aromatic N) is 3. The fraction of sp³-hybridized carbons (Fsp3) is 0.0769. The molecule has 0 saturated carbocycles. The van der Waals surface area contributed by atoms with Crippen molar-refractivity contribution in [3.05, 3.63) is 48.3 Å². The molecule has 0 saturated heterocycles. The zero-order chi connectivity index (χ0) is 12.5. The Balaban J connectivity index is 2.16. The fourth-order valence-electron chi connectivity index (χ4n) is 1.90. The molecule has 1 aromatic carbocycles. The Morgan fingerprint density at radius 2 is 2.00 bits per heavy atom. The summed E-state index contributed by atoms with van der Waals surface area (Å²) in [6.07, 6.45) is 1.72. The lowest BCUT2D eigenvalue weighted by molar-refractivity contribution is 1.06. The van der Waals surface area contributed by atoms with E-state index in [1.807, 2.05) is 47.9 Å². The molecule has 0 radical (unpaired) electrons. The minimum Gasteiger partial charge on any atom is -0.391 e. The molecule has 18 heavy (non-hydrogen) atoms. The van der Waals surface area contributed by atoms with Crippen molar-refractivity contribution in [2.24, 2.45) is 0 Å². The second kappa shape index (κ2) is 4.27. The van der Waals surface area contributed by atoms with E-state index in [2.05, 4.69) is 10.2 Å². The average molecular weight is 256 g/mol. The standard InChI is InChI=1S/C13H12N4S/c1-9-7-11(14)18-12(9)13-16-15-8-17(13)10-5-3-2-4-6-10/h2-8H,14H2,1H3. The van der Waals surface area contributed by atoms with Gasteiger partial charge in [-0.1, -0.05) is 18.2 Å². The summed E-state index contributed by atoms with van der Waals surface area (Å²) in [4.78, 5) is 1.06. The van der Waals surface area contributed by atoms with Gasteiger partial charge in [-0.05, 0) is 30.7 Å². The number of hydrogen-bond donors (Lipinski definition) is 1. The van der Waals surface area contributed by atoms with Crippen LogP contribution >= 0.6 is 11.3 Å². The molecular weight excluding hydrogens is 244 g/mol. The Kier molecular flexibility index (Phi) is 2.60. The van der Waals surface area contributed by atoms with Crippen LogP contribution in [0, 0.1) is 6.92 Å². The molecule has 0 fully saturated rings. The van der Waals surface area contributed by atoms with Crippen LogP contribution in [0.4, 0.5) is 5.00 Å². The Labute approximate surface area is 109 Å². The summed E-state index contributed by atoms with van der Waals surface area (Å²) < 4.78 is 1.97. The Hall–Kier alpha value is -2.14. The molecule has 0 aliphatic rings. The SMILES string of the molecule is Cc1cc(N)sc1-c1nncn1-c1ccccc1. The highest BCUT2D eigenvalue weighted by Crippen LogP contribution is 2.33. The van der Waals surface area contributed by atoms with Crippen molar-refractivity contribution in [1.82, 2.24) is 14.8 Å². The lowest BCUT2D eigenvalue weighted by Crippen LogP contribution is -1.95. The van der Waals surface area contributed by atoms with Crippen molar-refractivity contribution in [2.75, 3.05) is 5.73 Å². The smallest absolute Gasteiger partial charge is 0.178 e. The van der Waals surface area contributed by atoms with Crippen molar-refractivity contribution in [3.8, 4) is 16.4 Å². The van der Waals surface area contributed by atoms with Gasteiger partial charge < -0.3 is 5.73 Å². The number of para-hydroxylation sites is 1. The molecule has 0 bridgehead atoms. The van der Waals surface area contributed by atoms with E-state index in [0.29, 0.717) is 0 Å². The normalized spacial score (nSPS) is 10.7. The van der Waals surface area contributed by atoms with Crippen LogP contribution in [0.5, 0.6) is 0 Å². The highest BCUT2D eigenvalue weighted by Gasteiger charge is 2.13. The van der Waals surface area contributed by atoms with Gasteiger partial charge in [0.25, 0.3) is 0 Å². The zero-order valence-electron chi connectivity index (χ0n) is 9.87. The molecule has 0 amide bonds. The molecule has 0 atom stereocenters. The van der Waals surface area contributed by atoms with Crippen molar-refractivity contribution < 1.29 is 0 Å². The molecule has 0 unspecified atom stereocenters. The number of nitrogen functional groups attached to an aromatic ring is 1. The maximum atomic E-state index is 5.84. The first kappa shape index (κ1) is 11.0. The van der Waals surface area contributed by atoms with Gasteiger partial charge >= 0.3 is 0 Å². The maximum absolute atomic E-state index is 5.84. The molecule has 90 valence electrons. The first-order valence-corrected chi connectivity index (χ1v) is 6.39. The summed E-state index contributed by atoms with van der Waals surface area (Å²) in [6, 6.07) is 12.0.